The van der Waals surface area contributed by atoms with Crippen LogP contribution in [0.1, 0.15) is 52.7 Å². The Bertz CT molecular complexity index is 2760. The number of nitrogens with zero attached hydrogens (tertiary/aromatic N) is 3. The number of aromatic nitrogens is 3. The number of hydrogen-bond acceptors (Lipinski definition) is 4. The van der Waals surface area contributed by atoms with Crippen LogP contribution < -0.4 is 4.74 Å². The van der Waals surface area contributed by atoms with Crippen LogP contribution in [0.4, 0.5) is 0 Å². The van der Waals surface area contributed by atoms with Gasteiger partial charge in [-0.2, -0.15) is 0 Å². The Labute approximate surface area is 317 Å². The number of para-hydroxylation sites is 3. The van der Waals surface area contributed by atoms with Crippen LogP contribution in [0.15, 0.2) is 120 Å². The minimum atomic E-state index is -0.153. The zero-order chi connectivity index (χ0) is 35.1. The second-order valence-corrected chi connectivity index (χ2v) is 15.4. The first-order valence-electron chi connectivity index (χ1n) is 17.4. The van der Waals surface area contributed by atoms with Crippen molar-refractivity contribution in [2.24, 2.45) is 0 Å². The van der Waals surface area contributed by atoms with Crippen molar-refractivity contribution < 1.29 is 30.2 Å². The van der Waals surface area contributed by atoms with Crippen LogP contribution in [0, 0.1) is 12.1 Å². The summed E-state index contributed by atoms with van der Waals surface area (Å²) in [6.45, 7) is 13.3. The molecule has 0 spiro atoms. The molecular weight excluding hydrogens is 822 g/mol. The van der Waals surface area contributed by atoms with E-state index in [-0.39, 0.29) is 31.9 Å². The number of pyridine rings is 3. The molecule has 0 amide bonds. The molecule has 52 heavy (non-hydrogen) atoms. The average Bonchev–Trinajstić information content (AvgIpc) is 3.12. The van der Waals surface area contributed by atoms with Gasteiger partial charge in [-0.25, -0.2) is 0 Å². The van der Waals surface area contributed by atoms with Gasteiger partial charge in [0.15, 0.2) is 11.2 Å². The Balaban J connectivity index is 0.00000387. The quantitative estimate of drug-likeness (QED) is 0.100. The molecule has 5 aromatic carbocycles. The van der Waals surface area contributed by atoms with Gasteiger partial charge in [-0.1, -0.05) is 108 Å². The van der Waals surface area contributed by atoms with Gasteiger partial charge >= 0.3 is 21.1 Å². The summed E-state index contributed by atoms with van der Waals surface area (Å²) >= 11 is 0. The smallest absolute Gasteiger partial charge is 0.497 e. The Kier molecular flexibility index (Phi) is 8.11. The first-order chi connectivity index (χ1) is 24.5. The molecule has 2 aromatic heterocycles. The maximum atomic E-state index is 6.58. The van der Waals surface area contributed by atoms with Crippen LogP contribution in [0.5, 0.6) is 11.5 Å². The number of hydrogen-bond donors (Lipinski definition) is 0. The van der Waals surface area contributed by atoms with E-state index in [2.05, 4.69) is 136 Å². The van der Waals surface area contributed by atoms with Gasteiger partial charge in [-0.05, 0) is 63.5 Å². The topological polar surface area (TPSA) is 53.1 Å². The SMILES string of the molecule is CC(C)(C)c1cc(Oc2[c-]c(-c3cc(C(C)(C)C)ccn3)ccc2)[c-]c(-c2cc3c4c(cccc4c4cccc5oc6ccccc6n3-c54)n2)c1.[Pt+2]. The summed E-state index contributed by atoms with van der Waals surface area (Å²) in [5.41, 5.74) is 11.3. The molecular formula is C46H37N3O2Pt. The van der Waals surface area contributed by atoms with E-state index in [0.29, 0.717) is 11.5 Å². The standard InChI is InChI=1S/C46H37N3O2.Pt/c1-45(2,3)30-20-21-47-37(26-30)28-12-9-13-32(23-28)50-33-24-29(22-31(25-33)46(4,5)6)38-27-40-43-34(14-10-16-36(43)48-38)35-15-11-19-42-44(35)49(40)39-17-7-8-18-41(39)51-42;/h7-22,25-27H,1-6H3;/q-2;+2. The molecule has 0 fully saturated rings. The molecule has 9 rings (SSSR count). The summed E-state index contributed by atoms with van der Waals surface area (Å²) in [5.74, 6) is 1.21. The third-order valence-corrected chi connectivity index (χ3v) is 9.77. The molecule has 0 N–H and O–H groups in total. The van der Waals surface area contributed by atoms with Crippen LogP contribution in [-0.2, 0) is 31.9 Å². The molecule has 7 aromatic rings. The summed E-state index contributed by atoms with van der Waals surface area (Å²) in [5, 5.41) is 3.39. The molecule has 0 radical (unpaired) electrons. The van der Waals surface area contributed by atoms with Crippen molar-refractivity contribution in [3.8, 4) is 39.7 Å². The van der Waals surface area contributed by atoms with E-state index < -0.39 is 0 Å². The predicted octanol–water partition coefficient (Wildman–Crippen LogP) is 12.2. The molecule has 0 unspecified atom stereocenters. The molecule has 4 heterocycles. The van der Waals surface area contributed by atoms with E-state index in [0.717, 1.165) is 77.6 Å². The van der Waals surface area contributed by atoms with Crippen molar-refractivity contribution in [2.45, 2.75) is 52.4 Å². The van der Waals surface area contributed by atoms with E-state index in [1.165, 1.54) is 5.56 Å². The molecule has 258 valence electrons. The van der Waals surface area contributed by atoms with Crippen molar-refractivity contribution in [1.29, 1.82) is 0 Å². The van der Waals surface area contributed by atoms with E-state index in [9.17, 15) is 0 Å². The van der Waals surface area contributed by atoms with Gasteiger partial charge in [-0.3, -0.25) is 4.98 Å². The maximum absolute atomic E-state index is 6.58. The first kappa shape index (κ1) is 33.9. The molecule has 6 heteroatoms. The third kappa shape index (κ3) is 5.78. The van der Waals surface area contributed by atoms with Crippen LogP contribution in [-0.4, -0.2) is 14.5 Å². The zero-order valence-corrected chi connectivity index (χ0v) is 32.2. The molecule has 0 atom stereocenters. The fraction of sp³-hybridized carbons (Fsp3) is 0.174. The van der Waals surface area contributed by atoms with Crippen LogP contribution in [0.25, 0.3) is 72.1 Å². The molecule has 0 bridgehead atoms. The van der Waals surface area contributed by atoms with Gasteiger partial charge in [0.05, 0.1) is 16.7 Å². The summed E-state index contributed by atoms with van der Waals surface area (Å²) in [6, 6.07) is 44.5. The zero-order valence-electron chi connectivity index (χ0n) is 29.9. The van der Waals surface area contributed by atoms with Crippen molar-refractivity contribution in [2.75, 3.05) is 0 Å². The number of benzene rings is 5. The van der Waals surface area contributed by atoms with Crippen molar-refractivity contribution >= 4 is 43.9 Å². The molecule has 0 saturated carbocycles. The normalized spacial score (nSPS) is 12.3. The van der Waals surface area contributed by atoms with Crippen LogP contribution in [0.3, 0.4) is 0 Å². The van der Waals surface area contributed by atoms with Crippen molar-refractivity contribution in [3.63, 3.8) is 0 Å². The fourth-order valence-electron chi connectivity index (χ4n) is 7.06. The Hall–Kier alpha value is -5.25. The van der Waals surface area contributed by atoms with Gasteiger partial charge in [0.2, 0.25) is 0 Å². The van der Waals surface area contributed by atoms with Gasteiger partial charge in [0.25, 0.3) is 0 Å². The second kappa shape index (κ2) is 12.5. The Morgan fingerprint density at radius 2 is 1.35 bits per heavy atom. The Morgan fingerprint density at radius 1 is 0.615 bits per heavy atom. The second-order valence-electron chi connectivity index (χ2n) is 15.4. The molecule has 5 nitrogen and oxygen atoms in total. The van der Waals surface area contributed by atoms with E-state index in [1.54, 1.807) is 0 Å². The summed E-state index contributed by atoms with van der Waals surface area (Å²) in [4.78, 5) is 9.94. The minimum absolute atomic E-state index is 0. The molecule has 2 aliphatic rings. The third-order valence-electron chi connectivity index (χ3n) is 9.77. The number of ether oxygens (including phenoxy) is 1. The average molecular weight is 859 g/mol. The summed E-state index contributed by atoms with van der Waals surface area (Å²) in [7, 11) is 0. The Morgan fingerprint density at radius 3 is 2.17 bits per heavy atom. The maximum Gasteiger partial charge on any atom is 2.00 e. The van der Waals surface area contributed by atoms with Crippen LogP contribution >= 0.6 is 0 Å². The van der Waals surface area contributed by atoms with Crippen molar-refractivity contribution in [1.82, 2.24) is 14.5 Å². The van der Waals surface area contributed by atoms with E-state index in [1.807, 2.05) is 42.6 Å². The van der Waals surface area contributed by atoms with Gasteiger partial charge < -0.3 is 18.7 Å². The number of fused-ring (bicyclic) bond motifs is 4. The van der Waals surface area contributed by atoms with Gasteiger partial charge in [-0.15, -0.1) is 41.0 Å². The molecule has 0 saturated heterocycles. The van der Waals surface area contributed by atoms with Gasteiger partial charge in [0, 0.05) is 34.0 Å². The summed E-state index contributed by atoms with van der Waals surface area (Å²) < 4.78 is 15.4. The minimum Gasteiger partial charge on any atom is -0.497 e. The molecule has 0 aliphatic carbocycles. The fourth-order valence-corrected chi connectivity index (χ4v) is 7.06. The predicted molar refractivity (Wildman–Crippen MR) is 207 cm³/mol. The largest absolute Gasteiger partial charge is 2.00 e. The number of rotatable bonds is 4. The summed E-state index contributed by atoms with van der Waals surface area (Å²) in [6.07, 6.45) is 1.87. The van der Waals surface area contributed by atoms with E-state index in [4.69, 9.17) is 14.1 Å². The van der Waals surface area contributed by atoms with Gasteiger partial charge in [0.1, 0.15) is 0 Å². The monoisotopic (exact) mass is 858 g/mol. The van der Waals surface area contributed by atoms with E-state index >= 15 is 0 Å². The molecule has 2 aliphatic heterocycles. The van der Waals surface area contributed by atoms with Crippen molar-refractivity contribution in [3.05, 3.63) is 139 Å². The van der Waals surface area contributed by atoms with Crippen LogP contribution in [0.2, 0.25) is 0 Å². The first-order valence-corrected chi connectivity index (χ1v) is 17.4.